The fraction of sp³-hybridized carbons (Fsp3) is 1.00. The van der Waals surface area contributed by atoms with Crippen LogP contribution in [-0.2, 0) is 14.2 Å². The molecule has 0 aromatic rings. The number of hydrogen-bond acceptors (Lipinski definition) is 3. The molecule has 3 nitrogen and oxygen atoms in total. The van der Waals surface area contributed by atoms with Crippen LogP contribution in [0.4, 0.5) is 0 Å². The van der Waals surface area contributed by atoms with Crippen molar-refractivity contribution in [3.05, 3.63) is 0 Å². The van der Waals surface area contributed by atoms with E-state index in [4.69, 9.17) is 14.2 Å². The van der Waals surface area contributed by atoms with Gasteiger partial charge in [-0.1, -0.05) is 206 Å². The molecular weight excluding hydrogens is 552 g/mol. The Morgan fingerprint density at radius 1 is 0.289 bits per heavy atom. The fourth-order valence-corrected chi connectivity index (χ4v) is 6.33. The summed E-state index contributed by atoms with van der Waals surface area (Å²) in [6, 6.07) is 0. The molecule has 0 aliphatic carbocycles. The van der Waals surface area contributed by atoms with Crippen LogP contribution in [0.25, 0.3) is 0 Å². The predicted molar refractivity (Wildman–Crippen MR) is 201 cm³/mol. The second-order valence-corrected chi connectivity index (χ2v) is 14.5. The average Bonchev–Trinajstić information content (AvgIpc) is 3.04. The van der Waals surface area contributed by atoms with E-state index in [2.05, 4.69) is 27.7 Å². The van der Waals surface area contributed by atoms with Gasteiger partial charge in [0.2, 0.25) is 0 Å². The Morgan fingerprint density at radius 2 is 0.556 bits per heavy atom. The molecule has 0 rings (SSSR count). The molecule has 0 N–H and O–H groups in total. The number of ether oxygens (including phenoxy) is 3. The van der Waals surface area contributed by atoms with Crippen molar-refractivity contribution in [3.8, 4) is 0 Å². The lowest BCUT2D eigenvalue weighted by Crippen LogP contribution is -2.24. The van der Waals surface area contributed by atoms with Crippen molar-refractivity contribution in [2.75, 3.05) is 26.4 Å². The van der Waals surface area contributed by atoms with Crippen LogP contribution in [-0.4, -0.2) is 38.6 Å². The van der Waals surface area contributed by atoms with E-state index >= 15 is 0 Å². The standard InChI is InChI=1S/C42H86O3/c1-5-7-9-11-13-15-17-19-21-23-25-27-29-31-33-35-37-43-39-41(3)45-40-42(4)44-38-36-34-32-30-28-26-24-22-20-18-16-14-12-10-8-6-2/h41-42H,5-40H2,1-4H3. The van der Waals surface area contributed by atoms with Gasteiger partial charge in [0.1, 0.15) is 0 Å². The van der Waals surface area contributed by atoms with E-state index in [1.807, 2.05) is 0 Å². The molecule has 0 heterocycles. The first kappa shape index (κ1) is 44.9. The first-order valence-corrected chi connectivity index (χ1v) is 21.0. The van der Waals surface area contributed by atoms with Crippen LogP contribution < -0.4 is 0 Å². The maximum absolute atomic E-state index is 5.99. The molecule has 0 amide bonds. The molecule has 0 aliphatic rings. The Hall–Kier alpha value is -0.120. The minimum Gasteiger partial charge on any atom is -0.379 e. The monoisotopic (exact) mass is 639 g/mol. The molecule has 0 aliphatic heterocycles. The van der Waals surface area contributed by atoms with Crippen LogP contribution in [0.1, 0.15) is 233 Å². The molecule has 0 saturated carbocycles. The largest absolute Gasteiger partial charge is 0.379 e. The predicted octanol–water partition coefficient (Wildman–Crippen LogP) is 14.3. The summed E-state index contributed by atoms with van der Waals surface area (Å²) in [7, 11) is 0. The summed E-state index contributed by atoms with van der Waals surface area (Å²) in [5, 5.41) is 0. The van der Waals surface area contributed by atoms with E-state index in [9.17, 15) is 0 Å². The van der Waals surface area contributed by atoms with Gasteiger partial charge >= 0.3 is 0 Å². The summed E-state index contributed by atoms with van der Waals surface area (Å²) in [5.41, 5.74) is 0. The van der Waals surface area contributed by atoms with Crippen molar-refractivity contribution < 1.29 is 14.2 Å². The number of unbranched alkanes of at least 4 members (excludes halogenated alkanes) is 30. The summed E-state index contributed by atoms with van der Waals surface area (Å²) in [6.45, 7) is 12.0. The molecule has 45 heavy (non-hydrogen) atoms. The Labute approximate surface area is 285 Å². The maximum Gasteiger partial charge on any atom is 0.0781 e. The third-order valence-corrected chi connectivity index (χ3v) is 9.51. The number of hydrogen-bond donors (Lipinski definition) is 0. The molecule has 0 saturated heterocycles. The van der Waals surface area contributed by atoms with Crippen molar-refractivity contribution in [2.45, 2.75) is 245 Å². The van der Waals surface area contributed by atoms with Crippen molar-refractivity contribution >= 4 is 0 Å². The van der Waals surface area contributed by atoms with Gasteiger partial charge in [0.05, 0.1) is 25.4 Å². The first-order chi connectivity index (χ1) is 22.2. The molecule has 0 radical (unpaired) electrons. The first-order valence-electron chi connectivity index (χ1n) is 21.0. The molecule has 3 heteroatoms. The van der Waals surface area contributed by atoms with Crippen molar-refractivity contribution in [1.29, 1.82) is 0 Å². The highest BCUT2D eigenvalue weighted by Gasteiger charge is 2.07. The van der Waals surface area contributed by atoms with Gasteiger partial charge in [-0.2, -0.15) is 0 Å². The Morgan fingerprint density at radius 3 is 0.889 bits per heavy atom. The smallest absolute Gasteiger partial charge is 0.0781 e. The van der Waals surface area contributed by atoms with Crippen molar-refractivity contribution in [3.63, 3.8) is 0 Å². The lowest BCUT2D eigenvalue weighted by atomic mass is 10.0. The van der Waals surface area contributed by atoms with E-state index in [1.165, 1.54) is 205 Å². The van der Waals surface area contributed by atoms with Gasteiger partial charge in [-0.25, -0.2) is 0 Å². The van der Waals surface area contributed by atoms with Gasteiger partial charge in [0.25, 0.3) is 0 Å². The highest BCUT2D eigenvalue weighted by atomic mass is 16.6. The summed E-state index contributed by atoms with van der Waals surface area (Å²) in [4.78, 5) is 0. The van der Waals surface area contributed by atoms with Crippen LogP contribution in [0, 0.1) is 0 Å². The summed E-state index contributed by atoms with van der Waals surface area (Å²) < 4.78 is 17.8. The second kappa shape index (κ2) is 40.1. The molecule has 272 valence electrons. The van der Waals surface area contributed by atoms with Crippen molar-refractivity contribution in [2.24, 2.45) is 0 Å². The van der Waals surface area contributed by atoms with E-state index in [0.29, 0.717) is 13.2 Å². The lowest BCUT2D eigenvalue weighted by molar-refractivity contribution is -0.0577. The Balaban J connectivity index is 3.25. The highest BCUT2D eigenvalue weighted by Crippen LogP contribution is 2.15. The van der Waals surface area contributed by atoms with Gasteiger partial charge < -0.3 is 14.2 Å². The number of rotatable bonds is 40. The molecular formula is C42H86O3. The minimum absolute atomic E-state index is 0.146. The zero-order valence-corrected chi connectivity index (χ0v) is 31.8. The van der Waals surface area contributed by atoms with Gasteiger partial charge in [-0.15, -0.1) is 0 Å². The zero-order chi connectivity index (χ0) is 32.7. The fourth-order valence-electron chi connectivity index (χ4n) is 6.33. The molecule has 0 aromatic carbocycles. The molecule has 0 bridgehead atoms. The summed E-state index contributed by atoms with van der Waals surface area (Å²) >= 11 is 0. The summed E-state index contributed by atoms with van der Waals surface area (Å²) in [5.74, 6) is 0. The van der Waals surface area contributed by atoms with Gasteiger partial charge in [-0.3, -0.25) is 0 Å². The molecule has 0 spiro atoms. The van der Waals surface area contributed by atoms with E-state index < -0.39 is 0 Å². The summed E-state index contributed by atoms with van der Waals surface area (Å²) in [6.07, 6.45) is 45.4. The van der Waals surface area contributed by atoms with Crippen LogP contribution in [0.5, 0.6) is 0 Å². The Kier molecular flexibility index (Phi) is 39.9. The third kappa shape index (κ3) is 40.0. The van der Waals surface area contributed by atoms with Gasteiger partial charge in [-0.05, 0) is 26.7 Å². The molecule has 2 unspecified atom stereocenters. The van der Waals surface area contributed by atoms with Crippen molar-refractivity contribution in [1.82, 2.24) is 0 Å². The topological polar surface area (TPSA) is 27.7 Å². The Bertz CT molecular complexity index is 510. The van der Waals surface area contributed by atoms with Gasteiger partial charge in [0, 0.05) is 13.2 Å². The average molecular weight is 639 g/mol. The normalized spacial score (nSPS) is 13.1. The van der Waals surface area contributed by atoms with E-state index in [-0.39, 0.29) is 12.2 Å². The minimum atomic E-state index is 0.146. The second-order valence-electron chi connectivity index (χ2n) is 14.5. The highest BCUT2D eigenvalue weighted by molar-refractivity contribution is 4.55. The molecule has 0 aromatic heterocycles. The quantitative estimate of drug-likeness (QED) is 0.0625. The molecule has 0 fully saturated rings. The van der Waals surface area contributed by atoms with Crippen LogP contribution in [0.2, 0.25) is 0 Å². The SMILES string of the molecule is CCCCCCCCCCCCCCCCCCOCC(C)OCC(C)OCCCCCCCCCCCCCCCCCC. The van der Waals surface area contributed by atoms with E-state index in [1.54, 1.807) is 0 Å². The van der Waals surface area contributed by atoms with E-state index in [0.717, 1.165) is 13.2 Å². The van der Waals surface area contributed by atoms with Crippen LogP contribution in [0.15, 0.2) is 0 Å². The van der Waals surface area contributed by atoms with Gasteiger partial charge in [0.15, 0.2) is 0 Å². The zero-order valence-electron chi connectivity index (χ0n) is 31.8. The molecule has 2 atom stereocenters. The van der Waals surface area contributed by atoms with Crippen LogP contribution >= 0.6 is 0 Å². The maximum atomic E-state index is 5.99. The third-order valence-electron chi connectivity index (χ3n) is 9.51. The van der Waals surface area contributed by atoms with Crippen LogP contribution in [0.3, 0.4) is 0 Å². The lowest BCUT2D eigenvalue weighted by Gasteiger charge is -2.18.